The molecule has 0 spiro atoms. The van der Waals surface area contributed by atoms with E-state index in [4.69, 9.17) is 9.47 Å². The Hall–Kier alpha value is -1.23. The van der Waals surface area contributed by atoms with Gasteiger partial charge in [0, 0.05) is 17.4 Å². The molecule has 0 aliphatic rings. The van der Waals surface area contributed by atoms with E-state index in [2.05, 4.69) is 28.2 Å². The van der Waals surface area contributed by atoms with E-state index in [1.165, 1.54) is 7.11 Å². The average Bonchev–Trinajstić information content (AvgIpc) is 2.42. The van der Waals surface area contributed by atoms with Gasteiger partial charge in [-0.2, -0.15) is 0 Å². The van der Waals surface area contributed by atoms with Crippen LogP contribution in [0.2, 0.25) is 0 Å². The van der Waals surface area contributed by atoms with Crippen molar-refractivity contribution in [2.75, 3.05) is 20.8 Å². The minimum Gasteiger partial charge on any atom is -0.497 e. The van der Waals surface area contributed by atoms with Crippen molar-refractivity contribution in [2.45, 2.75) is 24.6 Å². The smallest absolute Gasteiger partial charge is 0.255 e. The number of benzene rings is 1. The van der Waals surface area contributed by atoms with Crippen LogP contribution in [0.3, 0.4) is 0 Å². The molecule has 1 aromatic rings. The molecule has 0 saturated carbocycles. The maximum absolute atomic E-state index is 12.0. The fraction of sp³-hybridized carbons (Fsp3) is 0.500. The van der Waals surface area contributed by atoms with Gasteiger partial charge in [0.2, 0.25) is 0 Å². The summed E-state index contributed by atoms with van der Waals surface area (Å²) in [6.45, 7) is 2.75. The molecular weight excluding hydrogens is 310 g/mol. The third-order valence-electron chi connectivity index (χ3n) is 2.72. The zero-order chi connectivity index (χ0) is 14.3. The molecule has 1 rings (SSSR count). The molecule has 106 valence electrons. The van der Waals surface area contributed by atoms with Crippen LogP contribution >= 0.6 is 15.9 Å². The molecule has 4 nitrogen and oxygen atoms in total. The van der Waals surface area contributed by atoms with Crippen LogP contribution in [-0.4, -0.2) is 31.5 Å². The Morgan fingerprint density at radius 2 is 2.11 bits per heavy atom. The highest BCUT2D eigenvalue weighted by Crippen LogP contribution is 2.24. The Morgan fingerprint density at radius 3 is 2.68 bits per heavy atom. The fourth-order valence-electron chi connectivity index (χ4n) is 1.67. The van der Waals surface area contributed by atoms with Crippen molar-refractivity contribution in [3.8, 4) is 11.5 Å². The van der Waals surface area contributed by atoms with E-state index in [9.17, 15) is 4.79 Å². The standard InChI is InChI=1S/C14H20BrNO3/c1-10(15)5-4-8-16-14(17)12-7-6-11(18-2)9-13(12)19-3/h6-7,9-10H,4-5,8H2,1-3H3,(H,16,17). The second kappa shape index (κ2) is 8.04. The largest absolute Gasteiger partial charge is 0.497 e. The monoisotopic (exact) mass is 329 g/mol. The molecular formula is C14H20BrNO3. The number of amides is 1. The molecule has 1 amide bonds. The third-order valence-corrected chi connectivity index (χ3v) is 3.18. The van der Waals surface area contributed by atoms with Crippen LogP contribution in [0.4, 0.5) is 0 Å². The molecule has 0 heterocycles. The van der Waals surface area contributed by atoms with Crippen LogP contribution < -0.4 is 14.8 Å². The number of hydrogen-bond acceptors (Lipinski definition) is 3. The molecule has 1 N–H and O–H groups in total. The Morgan fingerprint density at radius 1 is 1.37 bits per heavy atom. The molecule has 0 fully saturated rings. The molecule has 0 aromatic heterocycles. The first-order chi connectivity index (χ1) is 9.08. The molecule has 0 bridgehead atoms. The van der Waals surface area contributed by atoms with Gasteiger partial charge in [-0.05, 0) is 25.0 Å². The minimum atomic E-state index is -0.123. The van der Waals surface area contributed by atoms with Gasteiger partial charge >= 0.3 is 0 Å². The highest BCUT2D eigenvalue weighted by molar-refractivity contribution is 9.09. The molecule has 0 radical (unpaired) electrons. The second-order valence-electron chi connectivity index (χ2n) is 4.25. The third kappa shape index (κ3) is 5.11. The quantitative estimate of drug-likeness (QED) is 0.618. The van der Waals surface area contributed by atoms with Gasteiger partial charge in [0.05, 0.1) is 19.8 Å². The van der Waals surface area contributed by atoms with Crippen LogP contribution in [0.1, 0.15) is 30.1 Å². The Bertz CT molecular complexity index is 421. The van der Waals surface area contributed by atoms with Crippen LogP contribution in [0, 0.1) is 0 Å². The van der Waals surface area contributed by atoms with E-state index in [0.29, 0.717) is 28.4 Å². The van der Waals surface area contributed by atoms with Crippen molar-refractivity contribution >= 4 is 21.8 Å². The zero-order valence-electron chi connectivity index (χ0n) is 11.5. The second-order valence-corrected chi connectivity index (χ2v) is 5.81. The summed E-state index contributed by atoms with van der Waals surface area (Å²) in [6, 6.07) is 5.16. The van der Waals surface area contributed by atoms with Crippen molar-refractivity contribution in [1.82, 2.24) is 5.32 Å². The first-order valence-corrected chi connectivity index (χ1v) is 7.14. The van der Waals surface area contributed by atoms with Crippen LogP contribution in [0.15, 0.2) is 18.2 Å². The van der Waals surface area contributed by atoms with E-state index in [1.807, 2.05) is 0 Å². The summed E-state index contributed by atoms with van der Waals surface area (Å²) in [5.41, 5.74) is 0.523. The summed E-state index contributed by atoms with van der Waals surface area (Å²) in [6.07, 6.45) is 1.97. The van der Waals surface area contributed by atoms with Crippen LogP contribution in [0.25, 0.3) is 0 Å². The maximum Gasteiger partial charge on any atom is 0.255 e. The lowest BCUT2D eigenvalue weighted by Crippen LogP contribution is -2.25. The van der Waals surface area contributed by atoms with E-state index in [1.54, 1.807) is 25.3 Å². The lowest BCUT2D eigenvalue weighted by molar-refractivity contribution is 0.0950. The molecule has 19 heavy (non-hydrogen) atoms. The van der Waals surface area contributed by atoms with Gasteiger partial charge in [-0.25, -0.2) is 0 Å². The van der Waals surface area contributed by atoms with Crippen LogP contribution in [0.5, 0.6) is 11.5 Å². The molecule has 1 atom stereocenters. The number of hydrogen-bond donors (Lipinski definition) is 1. The number of nitrogens with one attached hydrogen (secondary N) is 1. The van der Waals surface area contributed by atoms with Crippen molar-refractivity contribution in [3.63, 3.8) is 0 Å². The minimum absolute atomic E-state index is 0.123. The summed E-state index contributed by atoms with van der Waals surface area (Å²) in [7, 11) is 3.12. The summed E-state index contributed by atoms with van der Waals surface area (Å²) in [5.74, 6) is 1.06. The summed E-state index contributed by atoms with van der Waals surface area (Å²) in [4.78, 5) is 12.5. The predicted molar refractivity (Wildman–Crippen MR) is 79.5 cm³/mol. The number of carbonyl (C=O) groups excluding carboxylic acids is 1. The summed E-state index contributed by atoms with van der Waals surface area (Å²) < 4.78 is 10.3. The Kier molecular flexibility index (Phi) is 6.70. The number of halogens is 1. The van der Waals surface area contributed by atoms with Crippen molar-refractivity contribution in [3.05, 3.63) is 23.8 Å². The lowest BCUT2D eigenvalue weighted by Gasteiger charge is -2.11. The molecule has 0 aliphatic heterocycles. The number of ether oxygens (including phenoxy) is 2. The van der Waals surface area contributed by atoms with Crippen molar-refractivity contribution in [1.29, 1.82) is 0 Å². The molecule has 5 heteroatoms. The van der Waals surface area contributed by atoms with Gasteiger partial charge in [0.25, 0.3) is 5.91 Å². The zero-order valence-corrected chi connectivity index (χ0v) is 13.1. The topological polar surface area (TPSA) is 47.6 Å². The van der Waals surface area contributed by atoms with E-state index >= 15 is 0 Å². The number of rotatable bonds is 7. The number of alkyl halides is 1. The maximum atomic E-state index is 12.0. The average molecular weight is 330 g/mol. The SMILES string of the molecule is COc1ccc(C(=O)NCCCC(C)Br)c(OC)c1. The summed E-state index contributed by atoms with van der Waals surface area (Å²) in [5, 5.41) is 2.89. The highest BCUT2D eigenvalue weighted by Gasteiger charge is 2.12. The molecule has 0 aliphatic carbocycles. The molecule has 0 saturated heterocycles. The van der Waals surface area contributed by atoms with E-state index in [0.717, 1.165) is 12.8 Å². The number of methoxy groups -OCH3 is 2. The van der Waals surface area contributed by atoms with Gasteiger partial charge in [0.1, 0.15) is 11.5 Å². The van der Waals surface area contributed by atoms with Gasteiger partial charge < -0.3 is 14.8 Å². The fourth-order valence-corrected chi connectivity index (χ4v) is 1.99. The predicted octanol–water partition coefficient (Wildman–Crippen LogP) is 3.00. The van der Waals surface area contributed by atoms with Crippen LogP contribution in [-0.2, 0) is 0 Å². The number of carbonyl (C=O) groups is 1. The van der Waals surface area contributed by atoms with Crippen molar-refractivity contribution < 1.29 is 14.3 Å². The molecule has 1 aromatic carbocycles. The lowest BCUT2D eigenvalue weighted by atomic mass is 10.1. The van der Waals surface area contributed by atoms with Gasteiger partial charge in [-0.3, -0.25) is 4.79 Å². The van der Waals surface area contributed by atoms with E-state index < -0.39 is 0 Å². The summed E-state index contributed by atoms with van der Waals surface area (Å²) >= 11 is 3.48. The van der Waals surface area contributed by atoms with Gasteiger partial charge in [-0.15, -0.1) is 0 Å². The van der Waals surface area contributed by atoms with Crippen molar-refractivity contribution in [2.24, 2.45) is 0 Å². The molecule has 1 unspecified atom stereocenters. The van der Waals surface area contributed by atoms with Gasteiger partial charge in [-0.1, -0.05) is 22.9 Å². The Balaban J connectivity index is 2.61. The first kappa shape index (κ1) is 15.8. The van der Waals surface area contributed by atoms with Gasteiger partial charge in [0.15, 0.2) is 0 Å². The normalized spacial score (nSPS) is 11.8. The van der Waals surface area contributed by atoms with E-state index in [-0.39, 0.29) is 5.91 Å². The first-order valence-electron chi connectivity index (χ1n) is 6.22. The highest BCUT2D eigenvalue weighted by atomic mass is 79.9. The Labute approximate surface area is 122 Å².